The van der Waals surface area contributed by atoms with Crippen LogP contribution in [-0.4, -0.2) is 7.11 Å². The first-order valence-electron chi connectivity index (χ1n) is 10.6. The van der Waals surface area contributed by atoms with Crippen molar-refractivity contribution in [3.05, 3.63) is 35.1 Å². The number of hydrogen-bond donors (Lipinski definition) is 0. The summed E-state index contributed by atoms with van der Waals surface area (Å²) in [4.78, 5) is 0. The van der Waals surface area contributed by atoms with E-state index in [9.17, 15) is 17.6 Å². The number of halogens is 4. The third kappa shape index (κ3) is 5.07. The van der Waals surface area contributed by atoms with Crippen LogP contribution in [0.5, 0.6) is 11.5 Å². The maximum absolute atomic E-state index is 14.3. The number of methoxy groups -OCH3 is 1. The lowest BCUT2D eigenvalue weighted by Gasteiger charge is -2.35. The molecule has 0 radical (unpaired) electrons. The lowest BCUT2D eigenvalue weighted by molar-refractivity contribution is 0.144. The van der Waals surface area contributed by atoms with E-state index in [-0.39, 0.29) is 0 Å². The predicted molar refractivity (Wildman–Crippen MR) is 104 cm³/mol. The molecule has 0 N–H and O–H groups in total. The van der Waals surface area contributed by atoms with E-state index < -0.39 is 35.1 Å². The van der Waals surface area contributed by atoms with Gasteiger partial charge in [-0.25, -0.2) is 8.78 Å². The monoisotopic (exact) mass is 414 g/mol. The molecule has 29 heavy (non-hydrogen) atoms. The minimum absolute atomic E-state index is 0.511. The number of benzene rings is 1. The predicted octanol–water partition coefficient (Wildman–Crippen LogP) is 7.58. The number of allylic oxidation sites excluding steroid dienone is 2. The first kappa shape index (κ1) is 22.0. The van der Waals surface area contributed by atoms with Gasteiger partial charge in [-0.15, -0.1) is 0 Å². The number of rotatable bonds is 7. The van der Waals surface area contributed by atoms with Gasteiger partial charge in [0.25, 0.3) is 6.43 Å². The van der Waals surface area contributed by atoms with E-state index in [1.54, 1.807) is 0 Å². The van der Waals surface area contributed by atoms with Gasteiger partial charge in [0, 0.05) is 6.42 Å². The molecule has 1 atom stereocenters. The van der Waals surface area contributed by atoms with Crippen molar-refractivity contribution < 1.29 is 27.0 Å². The molecule has 1 aromatic carbocycles. The highest BCUT2D eigenvalue weighted by Crippen LogP contribution is 2.42. The van der Waals surface area contributed by atoms with E-state index in [4.69, 9.17) is 4.74 Å². The van der Waals surface area contributed by atoms with E-state index >= 15 is 0 Å². The Morgan fingerprint density at radius 1 is 1.03 bits per heavy atom. The highest BCUT2D eigenvalue weighted by molar-refractivity contribution is 5.44. The standard InChI is InChI=1S/C23H30F4O2/c1-3-4-14-5-7-15(8-6-14)16-9-11-17(12-10-16)29-19-13-18(23(26)27)22(28-2)21(25)20(19)24/h11,13-16,23H,3-10,12H2,1-2H3. The van der Waals surface area contributed by atoms with E-state index in [0.717, 1.165) is 31.9 Å². The summed E-state index contributed by atoms with van der Waals surface area (Å²) in [5.41, 5.74) is -0.709. The molecule has 3 rings (SSSR count). The summed E-state index contributed by atoms with van der Waals surface area (Å²) in [6, 6.07) is 0.837. The average Bonchev–Trinajstić information content (AvgIpc) is 2.72. The molecule has 162 valence electrons. The van der Waals surface area contributed by atoms with Crippen LogP contribution >= 0.6 is 0 Å². The van der Waals surface area contributed by atoms with Gasteiger partial charge in [-0.3, -0.25) is 0 Å². The number of alkyl halides is 2. The van der Waals surface area contributed by atoms with Crippen LogP contribution in [-0.2, 0) is 0 Å². The molecular formula is C23H30F4O2. The summed E-state index contributed by atoms with van der Waals surface area (Å²) in [5, 5.41) is 0. The normalized spacial score (nSPS) is 25.1. The van der Waals surface area contributed by atoms with Crippen molar-refractivity contribution in [2.24, 2.45) is 17.8 Å². The molecule has 0 amide bonds. The van der Waals surface area contributed by atoms with Crippen molar-refractivity contribution in [3.63, 3.8) is 0 Å². The topological polar surface area (TPSA) is 18.5 Å². The molecule has 0 aliphatic heterocycles. The molecule has 2 nitrogen and oxygen atoms in total. The number of ether oxygens (including phenoxy) is 2. The van der Waals surface area contributed by atoms with Gasteiger partial charge in [0.1, 0.15) is 5.76 Å². The lowest BCUT2D eigenvalue weighted by Crippen LogP contribution is -2.23. The largest absolute Gasteiger partial charge is 0.493 e. The van der Waals surface area contributed by atoms with Gasteiger partial charge in [-0.2, -0.15) is 8.78 Å². The van der Waals surface area contributed by atoms with Gasteiger partial charge in [-0.05, 0) is 55.6 Å². The second-order valence-electron chi connectivity index (χ2n) is 8.30. The average molecular weight is 414 g/mol. The molecule has 1 aromatic rings. The van der Waals surface area contributed by atoms with Crippen molar-refractivity contribution in [2.75, 3.05) is 7.11 Å². The maximum Gasteiger partial charge on any atom is 0.267 e. The van der Waals surface area contributed by atoms with Crippen LogP contribution < -0.4 is 9.47 Å². The van der Waals surface area contributed by atoms with Gasteiger partial charge in [0.2, 0.25) is 11.6 Å². The van der Waals surface area contributed by atoms with Crippen LogP contribution in [0.4, 0.5) is 17.6 Å². The van der Waals surface area contributed by atoms with Crippen molar-refractivity contribution in [2.45, 2.75) is 71.1 Å². The van der Waals surface area contributed by atoms with E-state index in [0.29, 0.717) is 24.0 Å². The van der Waals surface area contributed by atoms with Gasteiger partial charge in [0.15, 0.2) is 11.5 Å². The van der Waals surface area contributed by atoms with Crippen molar-refractivity contribution in [3.8, 4) is 11.5 Å². The summed E-state index contributed by atoms with van der Waals surface area (Å²) in [6.45, 7) is 2.24. The summed E-state index contributed by atoms with van der Waals surface area (Å²) in [5.74, 6) is -1.36. The third-order valence-corrected chi connectivity index (χ3v) is 6.50. The molecule has 2 aliphatic rings. The first-order chi connectivity index (χ1) is 13.9. The molecule has 0 heterocycles. The molecule has 1 fully saturated rings. The van der Waals surface area contributed by atoms with Crippen LogP contribution in [0.15, 0.2) is 17.9 Å². The maximum atomic E-state index is 14.3. The van der Waals surface area contributed by atoms with Gasteiger partial charge in [-0.1, -0.05) is 32.6 Å². The zero-order valence-electron chi connectivity index (χ0n) is 17.2. The minimum atomic E-state index is -2.99. The Morgan fingerprint density at radius 3 is 2.31 bits per heavy atom. The van der Waals surface area contributed by atoms with Crippen LogP contribution in [0.25, 0.3) is 0 Å². The van der Waals surface area contributed by atoms with Crippen LogP contribution in [0.3, 0.4) is 0 Å². The number of hydrogen-bond acceptors (Lipinski definition) is 2. The van der Waals surface area contributed by atoms with Crippen LogP contribution in [0.1, 0.15) is 76.7 Å². The third-order valence-electron chi connectivity index (χ3n) is 6.50. The summed E-state index contributed by atoms with van der Waals surface area (Å²) in [7, 11) is 1.03. The van der Waals surface area contributed by atoms with E-state index in [2.05, 4.69) is 11.7 Å². The highest BCUT2D eigenvalue weighted by atomic mass is 19.3. The fourth-order valence-corrected chi connectivity index (χ4v) is 4.90. The van der Waals surface area contributed by atoms with Crippen LogP contribution in [0.2, 0.25) is 0 Å². The summed E-state index contributed by atoms with van der Waals surface area (Å²) >= 11 is 0. The minimum Gasteiger partial charge on any atom is -0.493 e. The smallest absolute Gasteiger partial charge is 0.267 e. The summed E-state index contributed by atoms with van der Waals surface area (Å²) in [6.07, 6.45) is 8.98. The second kappa shape index (κ2) is 9.86. The van der Waals surface area contributed by atoms with Gasteiger partial charge >= 0.3 is 0 Å². The SMILES string of the molecule is CCCC1CCC(C2CC=C(Oc3cc(C(F)F)c(OC)c(F)c3F)CC2)CC1. The zero-order chi connectivity index (χ0) is 21.0. The molecule has 6 heteroatoms. The van der Waals surface area contributed by atoms with E-state index in [1.165, 1.54) is 38.5 Å². The van der Waals surface area contributed by atoms with Crippen molar-refractivity contribution in [1.82, 2.24) is 0 Å². The Kier molecular flexibility index (Phi) is 7.47. The molecule has 0 spiro atoms. The quantitative estimate of drug-likeness (QED) is 0.428. The Hall–Kier alpha value is -1.72. The molecule has 0 saturated heterocycles. The summed E-state index contributed by atoms with van der Waals surface area (Å²) < 4.78 is 64.8. The molecule has 2 aliphatic carbocycles. The lowest BCUT2D eigenvalue weighted by atomic mass is 9.71. The Bertz CT molecular complexity index is 724. The Morgan fingerprint density at radius 2 is 1.76 bits per heavy atom. The zero-order valence-corrected chi connectivity index (χ0v) is 17.2. The molecule has 1 unspecified atom stereocenters. The van der Waals surface area contributed by atoms with Gasteiger partial charge in [0.05, 0.1) is 12.7 Å². The van der Waals surface area contributed by atoms with Crippen molar-refractivity contribution >= 4 is 0 Å². The van der Waals surface area contributed by atoms with Crippen LogP contribution in [0, 0.1) is 29.4 Å². The highest BCUT2D eigenvalue weighted by Gasteiger charge is 2.30. The Balaban J connectivity index is 1.64. The van der Waals surface area contributed by atoms with E-state index in [1.807, 2.05) is 6.08 Å². The first-order valence-corrected chi connectivity index (χ1v) is 10.6. The van der Waals surface area contributed by atoms with Crippen molar-refractivity contribution in [1.29, 1.82) is 0 Å². The second-order valence-corrected chi connectivity index (χ2v) is 8.30. The molecule has 0 aromatic heterocycles. The Labute approximate surface area is 170 Å². The molecule has 0 bridgehead atoms. The molecule has 1 saturated carbocycles. The molecular weight excluding hydrogens is 384 g/mol. The fourth-order valence-electron chi connectivity index (χ4n) is 4.90. The fraction of sp³-hybridized carbons (Fsp3) is 0.652. The van der Waals surface area contributed by atoms with Gasteiger partial charge < -0.3 is 9.47 Å².